The maximum absolute atomic E-state index is 12.0. The lowest BCUT2D eigenvalue weighted by atomic mass is 10.1. The molecular formula is C16H16N2O3. The van der Waals surface area contributed by atoms with E-state index in [1.54, 1.807) is 36.4 Å². The van der Waals surface area contributed by atoms with Crippen molar-refractivity contribution in [2.24, 2.45) is 0 Å². The van der Waals surface area contributed by atoms with Gasteiger partial charge in [-0.3, -0.25) is 0 Å². The highest BCUT2D eigenvalue weighted by Gasteiger charge is 2.23. The summed E-state index contributed by atoms with van der Waals surface area (Å²) in [6.45, 7) is 0. The van der Waals surface area contributed by atoms with Crippen LogP contribution in [0.2, 0.25) is 0 Å². The molecule has 0 heterocycles. The third kappa shape index (κ3) is 4.07. The molecule has 0 radical (unpaired) electrons. The summed E-state index contributed by atoms with van der Waals surface area (Å²) in [5.74, 6) is -0.524. The van der Waals surface area contributed by atoms with E-state index in [0.29, 0.717) is 11.3 Å². The predicted octanol–water partition coefficient (Wildman–Crippen LogP) is 2.72. The van der Waals surface area contributed by atoms with Crippen LogP contribution in [0.3, 0.4) is 0 Å². The second-order valence-electron chi connectivity index (χ2n) is 4.33. The van der Waals surface area contributed by atoms with Crippen LogP contribution in [0.15, 0.2) is 60.7 Å². The van der Waals surface area contributed by atoms with E-state index < -0.39 is 18.0 Å². The summed E-state index contributed by atoms with van der Waals surface area (Å²) in [5, 5.41) is 5.27. The molecule has 0 aromatic heterocycles. The van der Waals surface area contributed by atoms with E-state index in [-0.39, 0.29) is 0 Å². The molecule has 0 spiro atoms. The number of esters is 1. The highest BCUT2D eigenvalue weighted by Crippen LogP contribution is 2.14. The van der Waals surface area contributed by atoms with Crippen LogP contribution in [0.25, 0.3) is 0 Å². The first-order chi connectivity index (χ1) is 10.2. The summed E-state index contributed by atoms with van der Waals surface area (Å²) in [6, 6.07) is 16.6. The van der Waals surface area contributed by atoms with Crippen LogP contribution >= 0.6 is 0 Å². The molecule has 2 N–H and O–H groups in total. The summed E-state index contributed by atoms with van der Waals surface area (Å²) in [6.07, 6.45) is 0. The molecule has 0 aliphatic carbocycles. The van der Waals surface area contributed by atoms with Gasteiger partial charge in [-0.2, -0.15) is 0 Å². The summed E-state index contributed by atoms with van der Waals surface area (Å²) in [5.41, 5.74) is 1.30. The topological polar surface area (TPSA) is 67.4 Å². The van der Waals surface area contributed by atoms with Gasteiger partial charge < -0.3 is 15.4 Å². The normalized spacial score (nSPS) is 11.3. The Balaban J connectivity index is 2.09. The Morgan fingerprint density at radius 1 is 0.952 bits per heavy atom. The first-order valence-electron chi connectivity index (χ1n) is 6.46. The van der Waals surface area contributed by atoms with Gasteiger partial charge in [0.2, 0.25) is 0 Å². The number of anilines is 1. The summed E-state index contributed by atoms with van der Waals surface area (Å²) >= 11 is 0. The molecule has 5 heteroatoms. The zero-order chi connectivity index (χ0) is 15.1. The first-order valence-corrected chi connectivity index (χ1v) is 6.46. The molecule has 2 amide bonds. The van der Waals surface area contributed by atoms with Crippen molar-refractivity contribution >= 4 is 17.7 Å². The maximum atomic E-state index is 12.0. The standard InChI is InChI=1S/C16H16N2O3/c1-21-15(19)14(12-8-4-2-5-9-12)18-16(20)17-13-10-6-3-7-11-13/h2-11,14H,1H3,(H2,17,18,20). The Kier molecular flexibility index (Phi) is 4.93. The average molecular weight is 284 g/mol. The molecule has 1 unspecified atom stereocenters. The van der Waals surface area contributed by atoms with Gasteiger partial charge >= 0.3 is 12.0 Å². The van der Waals surface area contributed by atoms with Crippen LogP contribution in [-0.4, -0.2) is 19.1 Å². The Bertz CT molecular complexity index is 599. The lowest BCUT2D eigenvalue weighted by molar-refractivity contribution is -0.143. The zero-order valence-corrected chi connectivity index (χ0v) is 11.6. The van der Waals surface area contributed by atoms with E-state index in [9.17, 15) is 9.59 Å². The number of rotatable bonds is 4. The van der Waals surface area contributed by atoms with Crippen LogP contribution in [0, 0.1) is 0 Å². The van der Waals surface area contributed by atoms with E-state index in [0.717, 1.165) is 0 Å². The summed E-state index contributed by atoms with van der Waals surface area (Å²) in [7, 11) is 1.29. The number of benzene rings is 2. The molecule has 108 valence electrons. The number of urea groups is 1. The Morgan fingerprint density at radius 2 is 1.52 bits per heavy atom. The molecule has 21 heavy (non-hydrogen) atoms. The molecule has 2 aromatic carbocycles. The molecule has 0 aliphatic heterocycles. The average Bonchev–Trinajstić information content (AvgIpc) is 2.53. The third-order valence-corrected chi connectivity index (χ3v) is 2.88. The highest BCUT2D eigenvalue weighted by molar-refractivity contribution is 5.92. The molecule has 0 bridgehead atoms. The maximum Gasteiger partial charge on any atom is 0.333 e. The number of carbonyl (C=O) groups is 2. The van der Waals surface area contributed by atoms with E-state index in [1.165, 1.54) is 7.11 Å². The molecule has 2 aromatic rings. The second-order valence-corrected chi connectivity index (χ2v) is 4.33. The van der Waals surface area contributed by atoms with Crippen molar-refractivity contribution in [2.45, 2.75) is 6.04 Å². The first kappa shape index (κ1) is 14.6. The van der Waals surface area contributed by atoms with Gasteiger partial charge in [0.05, 0.1) is 7.11 Å². The van der Waals surface area contributed by atoms with Gasteiger partial charge in [-0.1, -0.05) is 48.5 Å². The van der Waals surface area contributed by atoms with Crippen molar-refractivity contribution < 1.29 is 14.3 Å². The van der Waals surface area contributed by atoms with Crippen LogP contribution < -0.4 is 10.6 Å². The number of amides is 2. The van der Waals surface area contributed by atoms with Crippen molar-refractivity contribution in [3.05, 3.63) is 66.2 Å². The van der Waals surface area contributed by atoms with Gasteiger partial charge in [0.15, 0.2) is 6.04 Å². The quantitative estimate of drug-likeness (QED) is 0.848. The second kappa shape index (κ2) is 7.09. The number of carbonyl (C=O) groups excluding carboxylic acids is 2. The van der Waals surface area contributed by atoms with E-state index in [4.69, 9.17) is 4.74 Å². The lowest BCUT2D eigenvalue weighted by Crippen LogP contribution is -2.37. The van der Waals surface area contributed by atoms with Crippen molar-refractivity contribution in [1.82, 2.24) is 5.32 Å². The molecule has 0 fully saturated rings. The summed E-state index contributed by atoms with van der Waals surface area (Å²) < 4.78 is 4.74. The number of nitrogens with one attached hydrogen (secondary N) is 2. The molecule has 1 atom stereocenters. The largest absolute Gasteiger partial charge is 0.467 e. The molecule has 0 saturated carbocycles. The SMILES string of the molecule is COC(=O)C(NC(=O)Nc1ccccc1)c1ccccc1. The summed E-state index contributed by atoms with van der Waals surface area (Å²) in [4.78, 5) is 23.8. The fourth-order valence-corrected chi connectivity index (χ4v) is 1.86. The van der Waals surface area contributed by atoms with E-state index in [2.05, 4.69) is 10.6 Å². The molecular weight excluding hydrogens is 268 g/mol. The van der Waals surface area contributed by atoms with Gasteiger partial charge in [-0.15, -0.1) is 0 Å². The Morgan fingerprint density at radius 3 is 2.10 bits per heavy atom. The minimum absolute atomic E-state index is 0.472. The minimum atomic E-state index is -0.847. The van der Waals surface area contributed by atoms with E-state index in [1.807, 2.05) is 24.3 Å². The number of methoxy groups -OCH3 is 1. The van der Waals surface area contributed by atoms with Crippen molar-refractivity contribution in [2.75, 3.05) is 12.4 Å². The minimum Gasteiger partial charge on any atom is -0.467 e. The van der Waals surface area contributed by atoms with Crippen molar-refractivity contribution in [1.29, 1.82) is 0 Å². The van der Waals surface area contributed by atoms with Crippen molar-refractivity contribution in [3.63, 3.8) is 0 Å². The van der Waals surface area contributed by atoms with Crippen LogP contribution in [0.5, 0.6) is 0 Å². The van der Waals surface area contributed by atoms with Crippen LogP contribution in [-0.2, 0) is 9.53 Å². The number of hydrogen-bond acceptors (Lipinski definition) is 3. The monoisotopic (exact) mass is 284 g/mol. The number of ether oxygens (including phenoxy) is 1. The third-order valence-electron chi connectivity index (χ3n) is 2.88. The molecule has 0 aliphatic rings. The molecule has 0 saturated heterocycles. The molecule has 2 rings (SSSR count). The van der Waals surface area contributed by atoms with Gasteiger partial charge in [-0.25, -0.2) is 9.59 Å². The highest BCUT2D eigenvalue weighted by atomic mass is 16.5. The van der Waals surface area contributed by atoms with E-state index >= 15 is 0 Å². The van der Waals surface area contributed by atoms with Gasteiger partial charge in [0.25, 0.3) is 0 Å². The van der Waals surface area contributed by atoms with Crippen molar-refractivity contribution in [3.8, 4) is 0 Å². The van der Waals surface area contributed by atoms with Gasteiger partial charge in [0.1, 0.15) is 0 Å². The fourth-order valence-electron chi connectivity index (χ4n) is 1.86. The number of para-hydroxylation sites is 1. The van der Waals surface area contributed by atoms with Crippen LogP contribution in [0.1, 0.15) is 11.6 Å². The smallest absolute Gasteiger partial charge is 0.333 e. The van der Waals surface area contributed by atoms with Gasteiger partial charge in [0, 0.05) is 5.69 Å². The lowest BCUT2D eigenvalue weighted by Gasteiger charge is -2.17. The zero-order valence-electron chi connectivity index (χ0n) is 11.6. The van der Waals surface area contributed by atoms with Crippen LogP contribution in [0.4, 0.5) is 10.5 Å². The predicted molar refractivity (Wildman–Crippen MR) is 79.8 cm³/mol. The molecule has 5 nitrogen and oxygen atoms in total. The number of hydrogen-bond donors (Lipinski definition) is 2. The Hall–Kier alpha value is -2.82. The Labute approximate surface area is 122 Å². The van der Waals surface area contributed by atoms with Gasteiger partial charge in [-0.05, 0) is 17.7 Å². The fraction of sp³-hybridized carbons (Fsp3) is 0.125.